The van der Waals surface area contributed by atoms with Crippen molar-refractivity contribution in [3.8, 4) is 0 Å². The first-order valence-electron chi connectivity index (χ1n) is 13.5. The van der Waals surface area contributed by atoms with Gasteiger partial charge in [0.1, 0.15) is 5.82 Å². The summed E-state index contributed by atoms with van der Waals surface area (Å²) in [6.07, 6.45) is 7.20. The van der Waals surface area contributed by atoms with E-state index < -0.39 is 5.54 Å². The second-order valence-electron chi connectivity index (χ2n) is 11.0. The highest BCUT2D eigenvalue weighted by Gasteiger charge is 2.49. The summed E-state index contributed by atoms with van der Waals surface area (Å²) in [6.45, 7) is 7.43. The van der Waals surface area contributed by atoms with Crippen molar-refractivity contribution >= 4 is 5.71 Å². The maximum absolute atomic E-state index is 13.9. The van der Waals surface area contributed by atoms with E-state index in [1.54, 1.807) is 6.07 Å². The summed E-state index contributed by atoms with van der Waals surface area (Å²) in [4.78, 5) is 12.1. The summed E-state index contributed by atoms with van der Waals surface area (Å²) in [5, 5.41) is 9.48. The lowest BCUT2D eigenvalue weighted by Gasteiger charge is -2.46. The van der Waals surface area contributed by atoms with Gasteiger partial charge in [-0.3, -0.25) is 19.7 Å². The van der Waals surface area contributed by atoms with Crippen LogP contribution in [0.25, 0.3) is 0 Å². The van der Waals surface area contributed by atoms with E-state index in [0.717, 1.165) is 74.4 Å². The molecule has 2 saturated heterocycles. The summed E-state index contributed by atoms with van der Waals surface area (Å²) in [5.74, 6) is -0.171. The Morgan fingerprint density at radius 3 is 2.59 bits per heavy atom. The van der Waals surface area contributed by atoms with E-state index in [-0.39, 0.29) is 5.82 Å². The SMILES string of the molecule is Cc1ccc(F)cc1CN1CCN(C2(c3cncc([C@@H]4CCCN4C)c3)Cc3ccccc3C2=N)CC1. The third-order valence-corrected chi connectivity index (χ3v) is 8.91. The van der Waals surface area contributed by atoms with Gasteiger partial charge in [-0.2, -0.15) is 0 Å². The number of benzene rings is 2. The number of nitrogens with zero attached hydrogens (tertiary/aromatic N) is 4. The summed E-state index contributed by atoms with van der Waals surface area (Å²) in [7, 11) is 2.20. The Kier molecular flexibility index (Phi) is 6.43. The Morgan fingerprint density at radius 1 is 1.03 bits per heavy atom. The van der Waals surface area contributed by atoms with Gasteiger partial charge in [0.25, 0.3) is 0 Å². The monoisotopic (exact) mass is 497 g/mol. The predicted octanol–water partition coefficient (Wildman–Crippen LogP) is 4.93. The molecule has 37 heavy (non-hydrogen) atoms. The summed E-state index contributed by atoms with van der Waals surface area (Å²) in [6, 6.07) is 16.2. The fourth-order valence-corrected chi connectivity index (χ4v) is 6.74. The zero-order valence-electron chi connectivity index (χ0n) is 21.9. The van der Waals surface area contributed by atoms with Crippen molar-refractivity contribution in [2.45, 2.75) is 44.3 Å². The molecule has 0 amide bonds. The van der Waals surface area contributed by atoms with E-state index in [4.69, 9.17) is 4.98 Å². The molecule has 3 aliphatic rings. The van der Waals surface area contributed by atoms with E-state index in [1.165, 1.54) is 23.6 Å². The molecule has 0 radical (unpaired) electrons. The zero-order chi connectivity index (χ0) is 25.6. The lowest BCUT2D eigenvalue weighted by Crippen LogP contribution is -2.58. The van der Waals surface area contributed by atoms with Crippen LogP contribution in [0.4, 0.5) is 4.39 Å². The Bertz CT molecular complexity index is 1310. The first-order valence-corrected chi connectivity index (χ1v) is 13.5. The Morgan fingerprint density at radius 2 is 1.84 bits per heavy atom. The van der Waals surface area contributed by atoms with E-state index in [9.17, 15) is 9.80 Å². The highest BCUT2D eigenvalue weighted by atomic mass is 19.1. The number of nitrogens with one attached hydrogen (secondary N) is 1. The van der Waals surface area contributed by atoms with Crippen LogP contribution in [0.15, 0.2) is 60.9 Å². The van der Waals surface area contributed by atoms with Gasteiger partial charge < -0.3 is 5.41 Å². The Labute approximate surface area is 219 Å². The molecular formula is C31H36FN5. The highest BCUT2D eigenvalue weighted by Crippen LogP contribution is 2.44. The molecule has 1 aliphatic carbocycles. The molecule has 5 nitrogen and oxygen atoms in total. The van der Waals surface area contributed by atoms with E-state index in [1.807, 2.05) is 24.5 Å². The summed E-state index contributed by atoms with van der Waals surface area (Å²) in [5.41, 5.74) is 7.08. The largest absolute Gasteiger partial charge is 0.302 e. The summed E-state index contributed by atoms with van der Waals surface area (Å²) >= 11 is 0. The number of likely N-dealkylation sites (tertiary alicyclic amines) is 1. The molecular weight excluding hydrogens is 461 g/mol. The number of piperazine rings is 1. The van der Waals surface area contributed by atoms with Crippen LogP contribution in [0, 0.1) is 18.2 Å². The minimum atomic E-state index is -0.509. The summed E-state index contributed by atoms with van der Waals surface area (Å²) < 4.78 is 13.9. The molecule has 192 valence electrons. The molecule has 1 unspecified atom stereocenters. The number of hydrogen-bond acceptors (Lipinski definition) is 5. The minimum absolute atomic E-state index is 0.171. The van der Waals surface area contributed by atoms with Gasteiger partial charge >= 0.3 is 0 Å². The third kappa shape index (κ3) is 4.31. The fourth-order valence-electron chi connectivity index (χ4n) is 6.74. The number of pyridine rings is 1. The van der Waals surface area contributed by atoms with Crippen molar-refractivity contribution in [2.24, 2.45) is 0 Å². The number of aromatic nitrogens is 1. The molecule has 1 aromatic heterocycles. The van der Waals surface area contributed by atoms with Gasteiger partial charge in [0, 0.05) is 63.1 Å². The van der Waals surface area contributed by atoms with Crippen molar-refractivity contribution in [1.29, 1.82) is 5.41 Å². The van der Waals surface area contributed by atoms with Crippen LogP contribution in [0.2, 0.25) is 0 Å². The van der Waals surface area contributed by atoms with Gasteiger partial charge in [-0.25, -0.2) is 4.39 Å². The topological polar surface area (TPSA) is 46.5 Å². The van der Waals surface area contributed by atoms with E-state index >= 15 is 0 Å². The van der Waals surface area contributed by atoms with Crippen LogP contribution in [0.1, 0.15) is 52.3 Å². The predicted molar refractivity (Wildman–Crippen MR) is 145 cm³/mol. The van der Waals surface area contributed by atoms with Crippen molar-refractivity contribution in [1.82, 2.24) is 19.7 Å². The fraction of sp³-hybridized carbons (Fsp3) is 0.419. The van der Waals surface area contributed by atoms with Crippen molar-refractivity contribution in [3.63, 3.8) is 0 Å². The molecule has 1 N–H and O–H groups in total. The molecule has 2 fully saturated rings. The van der Waals surface area contributed by atoms with Gasteiger partial charge in [0.15, 0.2) is 0 Å². The van der Waals surface area contributed by atoms with Crippen molar-refractivity contribution < 1.29 is 4.39 Å². The van der Waals surface area contributed by atoms with Crippen molar-refractivity contribution in [3.05, 3.63) is 100 Å². The van der Waals surface area contributed by atoms with Crippen molar-refractivity contribution in [2.75, 3.05) is 39.8 Å². The van der Waals surface area contributed by atoms with Gasteiger partial charge in [0.2, 0.25) is 0 Å². The van der Waals surface area contributed by atoms with Gasteiger partial charge in [-0.05, 0) is 79.4 Å². The molecule has 6 heteroatoms. The molecule has 0 saturated carbocycles. The van der Waals surface area contributed by atoms with Gasteiger partial charge in [-0.1, -0.05) is 30.3 Å². The van der Waals surface area contributed by atoms with Crippen LogP contribution in [-0.2, 0) is 18.5 Å². The van der Waals surface area contributed by atoms with Gasteiger partial charge in [-0.15, -0.1) is 0 Å². The molecule has 3 heterocycles. The van der Waals surface area contributed by atoms with Crippen LogP contribution in [0.3, 0.4) is 0 Å². The third-order valence-electron chi connectivity index (χ3n) is 8.91. The van der Waals surface area contributed by atoms with Gasteiger partial charge in [0.05, 0.1) is 11.3 Å². The molecule has 0 bridgehead atoms. The normalized spacial score (nSPS) is 25.1. The zero-order valence-corrected chi connectivity index (χ0v) is 21.9. The average molecular weight is 498 g/mol. The average Bonchev–Trinajstić information content (AvgIpc) is 3.48. The van der Waals surface area contributed by atoms with Crippen LogP contribution in [0.5, 0.6) is 0 Å². The second kappa shape index (κ2) is 9.75. The molecule has 2 atom stereocenters. The van der Waals surface area contributed by atoms with E-state index in [2.05, 4.69) is 52.9 Å². The van der Waals surface area contributed by atoms with E-state index in [0.29, 0.717) is 11.8 Å². The first-order chi connectivity index (χ1) is 18.0. The maximum Gasteiger partial charge on any atom is 0.123 e. The maximum atomic E-state index is 13.9. The molecule has 0 spiro atoms. The number of halogens is 1. The van der Waals surface area contributed by atoms with Crippen LogP contribution >= 0.6 is 0 Å². The Balaban J connectivity index is 1.31. The molecule has 6 rings (SSSR count). The lowest BCUT2D eigenvalue weighted by molar-refractivity contribution is 0.0656. The van der Waals surface area contributed by atoms with Crippen LogP contribution < -0.4 is 0 Å². The Hall–Kier alpha value is -2.93. The number of rotatable bonds is 5. The standard InChI is InChI=1S/C31H36FN5/c1-22-9-10-27(32)17-25(22)21-36-12-14-37(15-13-36)31(18-23-6-3-4-7-28(23)30(31)33)26-16-24(19-34-20-26)29-8-5-11-35(29)2/h3-4,6-7,9-10,16-17,19-20,29,33H,5,8,11-15,18,21H2,1-2H3/t29-,31?/m0/s1. The van der Waals surface area contributed by atoms with Crippen LogP contribution in [-0.4, -0.2) is 65.2 Å². The smallest absolute Gasteiger partial charge is 0.123 e. The first kappa shape index (κ1) is 24.4. The minimum Gasteiger partial charge on any atom is -0.302 e. The molecule has 3 aromatic rings. The highest BCUT2D eigenvalue weighted by molar-refractivity contribution is 6.09. The molecule has 2 aromatic carbocycles. The quantitative estimate of drug-likeness (QED) is 0.543. The lowest BCUT2D eigenvalue weighted by atomic mass is 9.82. The number of aryl methyl sites for hydroxylation is 1. The number of hydrogen-bond donors (Lipinski definition) is 1. The number of fused-ring (bicyclic) bond motifs is 1. The second-order valence-corrected chi connectivity index (χ2v) is 11.0. The molecule has 2 aliphatic heterocycles.